The molecule has 5 rings (SSSR count). The maximum Gasteiger partial charge on any atom is 0.412 e. The van der Waals surface area contributed by atoms with Crippen molar-refractivity contribution in [2.75, 3.05) is 25.4 Å². The molecule has 1 unspecified atom stereocenters. The number of nitrogens with zero attached hydrogens (tertiary/aromatic N) is 5. The zero-order chi connectivity index (χ0) is 22.3. The maximum absolute atomic E-state index is 12.9. The molecule has 1 saturated heterocycles. The van der Waals surface area contributed by atoms with Gasteiger partial charge < -0.3 is 9.47 Å². The number of rotatable bonds is 7. The number of allylic oxidation sites excluding steroid dienone is 4. The van der Waals surface area contributed by atoms with Crippen molar-refractivity contribution in [1.82, 2.24) is 24.6 Å². The van der Waals surface area contributed by atoms with Crippen LogP contribution in [-0.4, -0.2) is 56.2 Å². The first-order chi connectivity index (χ1) is 15.4. The van der Waals surface area contributed by atoms with Gasteiger partial charge in [0.15, 0.2) is 16.0 Å². The second kappa shape index (κ2) is 8.61. The summed E-state index contributed by atoms with van der Waals surface area (Å²) in [7, 11) is 1.98. The molecule has 1 saturated carbocycles. The van der Waals surface area contributed by atoms with Crippen molar-refractivity contribution in [2.24, 2.45) is 18.4 Å². The Morgan fingerprint density at radius 3 is 2.84 bits per heavy atom. The minimum atomic E-state index is -4.18. The highest BCUT2D eigenvalue weighted by Crippen LogP contribution is 2.62. The van der Waals surface area contributed by atoms with E-state index in [1.807, 2.05) is 17.0 Å². The van der Waals surface area contributed by atoms with Gasteiger partial charge in [-0.25, -0.2) is 4.98 Å². The smallest absolute Gasteiger partial charge is 0.303 e. The molecule has 172 valence electrons. The van der Waals surface area contributed by atoms with Gasteiger partial charge in [-0.2, -0.15) is 13.2 Å². The second-order valence-electron chi connectivity index (χ2n) is 8.98. The Labute approximate surface area is 193 Å². The van der Waals surface area contributed by atoms with Gasteiger partial charge in [0.1, 0.15) is 0 Å². The van der Waals surface area contributed by atoms with E-state index in [0.29, 0.717) is 17.8 Å². The van der Waals surface area contributed by atoms with Crippen LogP contribution in [-0.2, 0) is 7.05 Å². The van der Waals surface area contributed by atoms with Gasteiger partial charge in [-0.1, -0.05) is 29.5 Å². The summed E-state index contributed by atoms with van der Waals surface area (Å²) in [5, 5.41) is 12.3. The number of thioether (sulfide) groups is 1. The van der Waals surface area contributed by atoms with Gasteiger partial charge in [0.25, 0.3) is 0 Å². The van der Waals surface area contributed by atoms with Crippen LogP contribution >= 0.6 is 23.1 Å². The maximum atomic E-state index is 12.9. The Bertz CT molecular complexity index is 1030. The number of alkyl halides is 3. The number of hydrogen-bond donors (Lipinski definition) is 0. The van der Waals surface area contributed by atoms with E-state index in [0.717, 1.165) is 54.2 Å². The molecule has 3 heterocycles. The summed E-state index contributed by atoms with van der Waals surface area (Å²) >= 11 is 3.28. The van der Waals surface area contributed by atoms with Crippen LogP contribution in [0.5, 0.6) is 0 Å². The third-order valence-corrected chi connectivity index (χ3v) is 8.83. The van der Waals surface area contributed by atoms with Gasteiger partial charge in [-0.3, -0.25) is 0 Å². The molecule has 2 aromatic rings. The molecule has 32 heavy (non-hydrogen) atoms. The lowest BCUT2D eigenvalue weighted by atomic mass is 9.90. The standard InChI is InChI=1S/C22H26F3N5S2/c1-29-18(19-26-8-12-31-19)27-28-20(29)32-11-2-9-30-10-7-21(14-30)13-17(21)15-3-5-16(6-4-15)22(23,24)25/h3,5,8,12,17H,2,4,6-7,9-11,13-14H2,1H3/t17-,21?/m0/s1. The van der Waals surface area contributed by atoms with Crippen LogP contribution in [0, 0.1) is 11.3 Å². The van der Waals surface area contributed by atoms with Gasteiger partial charge in [0.05, 0.1) is 0 Å². The molecule has 10 heteroatoms. The van der Waals surface area contributed by atoms with Crippen molar-refractivity contribution >= 4 is 23.1 Å². The summed E-state index contributed by atoms with van der Waals surface area (Å²) in [6.07, 6.45) is 4.73. The molecule has 2 fully saturated rings. The van der Waals surface area contributed by atoms with Crippen LogP contribution in [0.3, 0.4) is 0 Å². The first kappa shape index (κ1) is 22.2. The molecule has 0 amide bonds. The third-order valence-electron chi connectivity index (χ3n) is 6.96. The molecule has 3 aliphatic rings. The van der Waals surface area contributed by atoms with Crippen molar-refractivity contribution in [3.05, 3.63) is 34.9 Å². The van der Waals surface area contributed by atoms with E-state index in [2.05, 4.69) is 20.1 Å². The van der Waals surface area contributed by atoms with E-state index in [4.69, 9.17) is 0 Å². The molecule has 0 radical (unpaired) electrons. The van der Waals surface area contributed by atoms with Crippen LogP contribution < -0.4 is 0 Å². The van der Waals surface area contributed by atoms with Crippen LogP contribution in [0.4, 0.5) is 13.2 Å². The SMILES string of the molecule is Cn1c(SCCCN2CCC3(C[C@H]3C3=CC=C(C(F)(F)F)CC3)C2)nnc1-c1nccs1. The van der Waals surface area contributed by atoms with Gasteiger partial charge in [0.2, 0.25) is 0 Å². The molecule has 0 N–H and O–H groups in total. The van der Waals surface area contributed by atoms with Gasteiger partial charge in [0, 0.05) is 36.5 Å². The molecular formula is C22H26F3N5S2. The molecule has 0 bridgehead atoms. The van der Waals surface area contributed by atoms with Gasteiger partial charge in [-0.05, 0) is 56.5 Å². The summed E-state index contributed by atoms with van der Waals surface area (Å²) < 4.78 is 40.6. The largest absolute Gasteiger partial charge is 0.412 e. The van der Waals surface area contributed by atoms with E-state index >= 15 is 0 Å². The topological polar surface area (TPSA) is 46.8 Å². The van der Waals surface area contributed by atoms with E-state index in [1.165, 1.54) is 18.1 Å². The number of aromatic nitrogens is 4. The van der Waals surface area contributed by atoms with Crippen molar-refractivity contribution in [3.63, 3.8) is 0 Å². The summed E-state index contributed by atoms with van der Waals surface area (Å²) in [6, 6.07) is 0. The lowest BCUT2D eigenvalue weighted by molar-refractivity contribution is -0.0941. The average molecular weight is 482 g/mol. The average Bonchev–Trinajstić information content (AvgIpc) is 3.16. The predicted molar refractivity (Wildman–Crippen MR) is 121 cm³/mol. The fourth-order valence-corrected chi connectivity index (χ4v) is 6.58. The predicted octanol–water partition coefficient (Wildman–Crippen LogP) is 5.34. The lowest BCUT2D eigenvalue weighted by Crippen LogP contribution is -2.23. The van der Waals surface area contributed by atoms with Crippen molar-refractivity contribution in [3.8, 4) is 10.8 Å². The highest BCUT2D eigenvalue weighted by Gasteiger charge is 2.58. The van der Waals surface area contributed by atoms with Gasteiger partial charge in [-0.15, -0.1) is 21.5 Å². The fraction of sp³-hybridized carbons (Fsp3) is 0.591. The monoisotopic (exact) mass is 481 g/mol. The number of halogens is 3. The van der Waals surface area contributed by atoms with Crippen molar-refractivity contribution in [1.29, 1.82) is 0 Å². The Morgan fingerprint density at radius 2 is 2.12 bits per heavy atom. The van der Waals surface area contributed by atoms with E-state index in [1.54, 1.807) is 35.4 Å². The molecule has 2 aromatic heterocycles. The Balaban J connectivity index is 1.08. The molecule has 0 aromatic carbocycles. The normalized spacial score (nSPS) is 25.9. The van der Waals surface area contributed by atoms with Crippen LogP contribution in [0.25, 0.3) is 10.8 Å². The molecule has 2 aliphatic carbocycles. The summed E-state index contributed by atoms with van der Waals surface area (Å²) in [4.78, 5) is 6.83. The second-order valence-corrected chi connectivity index (χ2v) is 10.9. The molecule has 5 nitrogen and oxygen atoms in total. The first-order valence-corrected chi connectivity index (χ1v) is 12.8. The first-order valence-electron chi connectivity index (χ1n) is 11.0. The summed E-state index contributed by atoms with van der Waals surface area (Å²) in [6.45, 7) is 3.22. The molecule has 1 aliphatic heterocycles. The van der Waals surface area contributed by atoms with Crippen LogP contribution in [0.15, 0.2) is 40.0 Å². The van der Waals surface area contributed by atoms with E-state index in [9.17, 15) is 13.2 Å². The zero-order valence-electron chi connectivity index (χ0n) is 17.9. The Kier molecular flexibility index (Phi) is 5.96. The highest BCUT2D eigenvalue weighted by molar-refractivity contribution is 7.99. The molecular weight excluding hydrogens is 455 g/mol. The van der Waals surface area contributed by atoms with Gasteiger partial charge >= 0.3 is 6.18 Å². The number of thiazole rings is 1. The minimum Gasteiger partial charge on any atom is -0.303 e. The Hall–Kier alpha value is -1.65. The number of hydrogen-bond acceptors (Lipinski definition) is 6. The zero-order valence-corrected chi connectivity index (χ0v) is 19.6. The minimum absolute atomic E-state index is 0.134. The van der Waals surface area contributed by atoms with Crippen molar-refractivity contribution < 1.29 is 13.2 Å². The van der Waals surface area contributed by atoms with E-state index < -0.39 is 6.18 Å². The third kappa shape index (κ3) is 4.41. The summed E-state index contributed by atoms with van der Waals surface area (Å²) in [5.74, 6) is 2.27. The lowest BCUT2D eigenvalue weighted by Gasteiger charge is -2.19. The molecule has 1 spiro atoms. The quantitative estimate of drug-likeness (QED) is 0.395. The number of likely N-dealkylation sites (tertiary alicyclic amines) is 1. The fourth-order valence-electron chi connectivity index (χ4n) is 5.09. The highest BCUT2D eigenvalue weighted by atomic mass is 32.2. The summed E-state index contributed by atoms with van der Waals surface area (Å²) in [5.41, 5.74) is 1.16. The van der Waals surface area contributed by atoms with Crippen molar-refractivity contribution in [2.45, 2.75) is 43.4 Å². The van der Waals surface area contributed by atoms with Crippen LogP contribution in [0.2, 0.25) is 0 Å². The van der Waals surface area contributed by atoms with Crippen LogP contribution in [0.1, 0.15) is 32.1 Å². The Morgan fingerprint density at radius 1 is 1.25 bits per heavy atom. The van der Waals surface area contributed by atoms with E-state index in [-0.39, 0.29) is 12.0 Å². The molecule has 2 atom stereocenters.